The van der Waals surface area contributed by atoms with Crippen molar-refractivity contribution in [3.05, 3.63) is 35.9 Å². The number of sulfone groups is 1. The number of rotatable bonds is 20. The molecule has 9 atom stereocenters. The highest BCUT2D eigenvalue weighted by Gasteiger charge is 2.57. The Labute approximate surface area is 337 Å². The van der Waals surface area contributed by atoms with E-state index in [2.05, 4.69) is 10.6 Å². The van der Waals surface area contributed by atoms with Gasteiger partial charge in [-0.2, -0.15) is 0 Å². The van der Waals surface area contributed by atoms with Gasteiger partial charge in [-0.05, 0) is 44.6 Å². The summed E-state index contributed by atoms with van der Waals surface area (Å²) < 4.78 is 56.5. The molecule has 4 N–H and O–H groups in total. The number of aliphatic hydroxyl groups is 2. The Kier molecular flexibility index (Phi) is 16.7. The van der Waals surface area contributed by atoms with Gasteiger partial charge >= 0.3 is 5.97 Å². The predicted octanol–water partition coefficient (Wildman–Crippen LogP) is 2.25. The van der Waals surface area contributed by atoms with Gasteiger partial charge < -0.3 is 44.5 Å². The lowest BCUT2D eigenvalue weighted by Crippen LogP contribution is -2.57. The van der Waals surface area contributed by atoms with E-state index >= 15 is 0 Å². The topological polar surface area (TPSA) is 199 Å². The van der Waals surface area contributed by atoms with Crippen molar-refractivity contribution in [1.29, 1.82) is 0 Å². The van der Waals surface area contributed by atoms with Crippen LogP contribution >= 0.6 is 0 Å². The van der Waals surface area contributed by atoms with E-state index in [4.69, 9.17) is 23.7 Å². The van der Waals surface area contributed by atoms with Gasteiger partial charge in [-0.1, -0.05) is 82.2 Å². The Balaban J connectivity index is 1.31. The molecule has 1 saturated carbocycles. The molecule has 3 saturated heterocycles. The van der Waals surface area contributed by atoms with Crippen molar-refractivity contribution in [1.82, 2.24) is 15.5 Å². The van der Waals surface area contributed by atoms with E-state index in [-0.39, 0.29) is 18.9 Å². The highest BCUT2D eigenvalue weighted by molar-refractivity contribution is 7.91. The first-order valence-electron chi connectivity index (χ1n) is 20.8. The molecule has 0 spiro atoms. The maximum atomic E-state index is 14.2. The molecule has 1 aromatic rings. The number of nitrogens with one attached hydrogen (secondary N) is 2. The molecule has 0 bridgehead atoms. The Morgan fingerprint density at radius 2 is 1.70 bits per heavy atom. The molecule has 1 aliphatic carbocycles. The average molecular weight is 824 g/mol. The monoisotopic (exact) mass is 823 g/mol. The number of esters is 1. The van der Waals surface area contributed by atoms with E-state index < -0.39 is 99.7 Å². The fourth-order valence-electron chi connectivity index (χ4n) is 8.51. The van der Waals surface area contributed by atoms with Crippen LogP contribution in [-0.4, -0.2) is 140 Å². The van der Waals surface area contributed by atoms with Gasteiger partial charge in [-0.15, -0.1) is 0 Å². The van der Waals surface area contributed by atoms with Gasteiger partial charge in [0.1, 0.15) is 18.2 Å². The van der Waals surface area contributed by atoms with Gasteiger partial charge in [-0.3, -0.25) is 19.3 Å². The lowest BCUT2D eigenvalue weighted by Gasteiger charge is -2.35. The van der Waals surface area contributed by atoms with Gasteiger partial charge in [0.05, 0.1) is 42.8 Å². The molecule has 57 heavy (non-hydrogen) atoms. The lowest BCUT2D eigenvalue weighted by molar-refractivity contribution is -0.215. The van der Waals surface area contributed by atoms with Gasteiger partial charge in [0.25, 0.3) is 0 Å². The summed E-state index contributed by atoms with van der Waals surface area (Å²) in [6.45, 7) is 9.15. The summed E-state index contributed by atoms with van der Waals surface area (Å²) in [6, 6.07) is 7.28. The molecule has 15 nitrogen and oxygen atoms in total. The average Bonchev–Trinajstić information content (AvgIpc) is 3.63. The van der Waals surface area contributed by atoms with E-state index in [0.29, 0.717) is 45.6 Å². The third-order valence-corrected chi connectivity index (χ3v) is 13.2. The maximum Gasteiger partial charge on any atom is 0.303 e. The smallest absolute Gasteiger partial charge is 0.303 e. The number of morpholine rings is 1. The van der Waals surface area contributed by atoms with Crippen LogP contribution in [0.3, 0.4) is 0 Å². The van der Waals surface area contributed by atoms with Gasteiger partial charge in [-0.25, -0.2) is 8.42 Å². The number of unbranched alkanes of at least 4 members (excludes halogenated alkanes) is 1. The minimum absolute atomic E-state index is 0.0787. The molecule has 4 fully saturated rings. The van der Waals surface area contributed by atoms with E-state index in [1.165, 1.54) is 6.92 Å². The fraction of sp³-hybridized carbons (Fsp3) is 0.780. The fourth-order valence-corrected chi connectivity index (χ4v) is 10.3. The van der Waals surface area contributed by atoms with Crippen LogP contribution in [-0.2, 0) is 54.3 Å². The minimum Gasteiger partial charge on any atom is -0.457 e. The minimum atomic E-state index is -4.06. The Bertz CT molecular complexity index is 1550. The Morgan fingerprint density at radius 3 is 2.37 bits per heavy atom. The summed E-state index contributed by atoms with van der Waals surface area (Å²) in [5.41, 5.74) is 0.737. The second-order valence-electron chi connectivity index (χ2n) is 16.7. The second kappa shape index (κ2) is 21.0. The first-order chi connectivity index (χ1) is 27.1. The quantitative estimate of drug-likeness (QED) is 0.140. The van der Waals surface area contributed by atoms with Crippen molar-refractivity contribution < 1.29 is 56.7 Å². The molecule has 16 heteroatoms. The van der Waals surface area contributed by atoms with Crippen LogP contribution in [0.5, 0.6) is 0 Å². The van der Waals surface area contributed by atoms with Crippen molar-refractivity contribution in [2.24, 2.45) is 11.8 Å². The number of hydrogen-bond acceptors (Lipinski definition) is 13. The molecule has 2 amide bonds. The zero-order chi connectivity index (χ0) is 41.2. The molecule has 0 radical (unpaired) electrons. The number of benzene rings is 1. The molecular weight excluding hydrogens is 759 g/mol. The van der Waals surface area contributed by atoms with Crippen LogP contribution in [0, 0.1) is 11.8 Å². The van der Waals surface area contributed by atoms with Crippen molar-refractivity contribution in [3.63, 3.8) is 0 Å². The lowest BCUT2D eigenvalue weighted by atomic mass is 9.83. The van der Waals surface area contributed by atoms with Gasteiger partial charge in [0, 0.05) is 26.6 Å². The van der Waals surface area contributed by atoms with E-state index in [0.717, 1.165) is 44.1 Å². The number of hydrogen-bond donors (Lipinski definition) is 4. The van der Waals surface area contributed by atoms with Crippen molar-refractivity contribution in [2.75, 3.05) is 44.4 Å². The standard InChI is InChI=1S/C41H65N3O12S/c1-5-6-17-31(39(49)43-32(23-29-15-11-8-12-16-29)35(47)33(46)24-44-18-20-52-21-19-44)42-38(48)30(22-28-13-9-7-10-14-28)25-57(50,51)26-34-36(53-27(2)45)37-40(54-34)56-41(3,4)55-37/h7,9-10,13-14,29-37,40,46-47H,5-6,8,11-12,15-26H2,1-4H3,(H,42,48)(H,43,49)/t30-,31+,32+,33+,34-,35-,36-,37-,40-/m1/s1. The van der Waals surface area contributed by atoms with Gasteiger partial charge in [0.15, 0.2) is 34.1 Å². The van der Waals surface area contributed by atoms with Crippen LogP contribution in [0.4, 0.5) is 0 Å². The number of fused-ring (bicyclic) bond motifs is 1. The molecule has 3 heterocycles. The number of carbonyl (C=O) groups is 3. The zero-order valence-corrected chi connectivity index (χ0v) is 34.8. The normalized spacial score (nSPS) is 26.8. The number of carbonyl (C=O) groups excluding carboxylic acids is 3. The first kappa shape index (κ1) is 45.4. The Morgan fingerprint density at radius 1 is 1.00 bits per heavy atom. The first-order valence-corrected chi connectivity index (χ1v) is 22.6. The molecule has 3 aliphatic heterocycles. The van der Waals surface area contributed by atoms with Crippen molar-refractivity contribution in [3.8, 4) is 0 Å². The summed E-state index contributed by atoms with van der Waals surface area (Å²) in [4.78, 5) is 42.5. The third kappa shape index (κ3) is 13.7. The van der Waals surface area contributed by atoms with E-state index in [1.54, 1.807) is 26.0 Å². The van der Waals surface area contributed by atoms with E-state index in [9.17, 15) is 33.0 Å². The molecule has 1 aromatic carbocycles. The summed E-state index contributed by atoms with van der Waals surface area (Å²) in [7, 11) is -4.06. The molecule has 0 unspecified atom stereocenters. The highest BCUT2D eigenvalue weighted by Crippen LogP contribution is 2.39. The van der Waals surface area contributed by atoms with Crippen LogP contribution in [0.1, 0.15) is 91.0 Å². The second-order valence-corrected chi connectivity index (χ2v) is 18.9. The largest absolute Gasteiger partial charge is 0.457 e. The molecule has 5 rings (SSSR count). The summed E-state index contributed by atoms with van der Waals surface area (Å²) in [5.74, 6) is -4.69. The van der Waals surface area contributed by atoms with Crippen LogP contribution < -0.4 is 10.6 Å². The summed E-state index contributed by atoms with van der Waals surface area (Å²) in [5, 5.41) is 28.6. The molecule has 0 aromatic heterocycles. The van der Waals surface area contributed by atoms with Crippen LogP contribution in [0.15, 0.2) is 30.3 Å². The molecule has 4 aliphatic rings. The number of aliphatic hydroxyl groups excluding tert-OH is 2. The molecule has 322 valence electrons. The third-order valence-electron chi connectivity index (χ3n) is 11.4. The Hall–Kier alpha value is -2.70. The van der Waals surface area contributed by atoms with Crippen molar-refractivity contribution in [2.45, 2.75) is 147 Å². The van der Waals surface area contributed by atoms with Gasteiger partial charge in [0.2, 0.25) is 11.8 Å². The number of nitrogens with zero attached hydrogens (tertiary/aromatic N) is 1. The van der Waals surface area contributed by atoms with Crippen LogP contribution in [0.2, 0.25) is 0 Å². The summed E-state index contributed by atoms with van der Waals surface area (Å²) in [6.07, 6.45) is 1.15. The van der Waals surface area contributed by atoms with E-state index in [1.807, 2.05) is 30.0 Å². The number of amides is 2. The summed E-state index contributed by atoms with van der Waals surface area (Å²) >= 11 is 0. The SMILES string of the molecule is CCCC[C@H](NC(=O)[C@H](Cc1ccccc1)CS(=O)(=O)C[C@H]1O[C@@H]2OC(C)(C)O[C@@H]2[C@@H]1OC(C)=O)C(=O)N[C@@H](CC1CCCCC1)[C@@H](O)[C@@H](O)CN1CCOCC1. The van der Waals surface area contributed by atoms with Crippen LogP contribution in [0.25, 0.3) is 0 Å². The molecular formula is C41H65N3O12S. The highest BCUT2D eigenvalue weighted by atomic mass is 32.2. The van der Waals surface area contributed by atoms with Crippen molar-refractivity contribution >= 4 is 27.6 Å². The zero-order valence-electron chi connectivity index (χ0n) is 34.0. The number of β-amino-alcohol motifs (C(OH)–C–C–N with tert-alkyl or cyclic N) is 1. The maximum absolute atomic E-state index is 14.2. The predicted molar refractivity (Wildman–Crippen MR) is 210 cm³/mol. The number of ether oxygens (including phenoxy) is 5.